The number of aliphatic hydroxyl groups is 1. The van der Waals surface area contributed by atoms with Crippen molar-refractivity contribution in [1.29, 1.82) is 0 Å². The molecule has 0 spiro atoms. The van der Waals surface area contributed by atoms with Crippen molar-refractivity contribution in [2.45, 2.75) is 103 Å². The van der Waals surface area contributed by atoms with Gasteiger partial charge in [0.2, 0.25) is 0 Å². The fraction of sp³-hybridized carbons (Fsp3) is 0.963. The zero-order valence-corrected chi connectivity index (χ0v) is 20.3. The van der Waals surface area contributed by atoms with Crippen LogP contribution in [-0.2, 0) is 9.53 Å². The Kier molecular flexibility index (Phi) is 5.84. The third-order valence-corrected chi connectivity index (χ3v) is 10.5. The van der Waals surface area contributed by atoms with Crippen molar-refractivity contribution in [3.63, 3.8) is 0 Å². The van der Waals surface area contributed by atoms with Gasteiger partial charge in [0, 0.05) is 19.0 Å². The molecule has 0 aromatic heterocycles. The number of rotatable bonds is 3. The molecule has 1 aliphatic heterocycles. The van der Waals surface area contributed by atoms with Crippen LogP contribution in [0.25, 0.3) is 0 Å². The smallest absolute Gasteiger partial charge is 0.150 e. The normalized spacial score (nSPS) is 52.8. The number of hydrogen-bond donors (Lipinski definition) is 1. The van der Waals surface area contributed by atoms with Crippen LogP contribution in [0.15, 0.2) is 0 Å². The Morgan fingerprint density at radius 2 is 1.65 bits per heavy atom. The topological polar surface area (TPSA) is 49.8 Å². The summed E-state index contributed by atoms with van der Waals surface area (Å²) < 4.78 is 5.88. The fourth-order valence-corrected chi connectivity index (χ4v) is 9.35. The molecule has 0 bridgehead atoms. The predicted octanol–water partition coefficient (Wildman–Crippen LogP) is 4.68. The van der Waals surface area contributed by atoms with E-state index in [2.05, 4.69) is 32.6 Å². The van der Waals surface area contributed by atoms with Gasteiger partial charge in [0.25, 0.3) is 0 Å². The Morgan fingerprint density at radius 3 is 2.39 bits per heavy atom. The van der Waals surface area contributed by atoms with Crippen LogP contribution >= 0.6 is 0 Å². The second-order valence-corrected chi connectivity index (χ2v) is 12.8. The third-order valence-electron chi connectivity index (χ3n) is 10.5. The Labute approximate surface area is 189 Å². The van der Waals surface area contributed by atoms with Crippen molar-refractivity contribution in [3.05, 3.63) is 0 Å². The summed E-state index contributed by atoms with van der Waals surface area (Å²) in [5.41, 5.74) is -0.217. The van der Waals surface area contributed by atoms with Crippen molar-refractivity contribution in [2.75, 3.05) is 19.6 Å². The molecule has 0 aromatic rings. The summed E-state index contributed by atoms with van der Waals surface area (Å²) in [5.74, 6) is 4.75. The number of ketones is 1. The Morgan fingerprint density at radius 1 is 0.935 bits per heavy atom. The zero-order chi connectivity index (χ0) is 22.0. The summed E-state index contributed by atoms with van der Waals surface area (Å²) in [6, 6.07) is 0. The molecular weight excluding hydrogens is 386 g/mol. The van der Waals surface area contributed by atoms with Gasteiger partial charge in [-0.25, -0.2) is 0 Å². The average molecular weight is 432 g/mol. The van der Waals surface area contributed by atoms with Crippen LogP contribution in [0.2, 0.25) is 0 Å². The number of Topliss-reactive ketones (excluding diaryl/α,β-unsaturated/α-hetero) is 1. The number of ether oxygens (including phenoxy) is 1. The lowest BCUT2D eigenvalue weighted by molar-refractivity contribution is -0.136. The lowest BCUT2D eigenvalue weighted by Gasteiger charge is -2.57. The Bertz CT molecular complexity index is 682. The van der Waals surface area contributed by atoms with Crippen molar-refractivity contribution < 1.29 is 14.6 Å². The van der Waals surface area contributed by atoms with Crippen molar-refractivity contribution in [1.82, 2.24) is 4.90 Å². The van der Waals surface area contributed by atoms with Gasteiger partial charge in [-0.3, -0.25) is 9.69 Å². The van der Waals surface area contributed by atoms with Gasteiger partial charge in [-0.05, 0) is 114 Å². The van der Waals surface area contributed by atoms with Crippen LogP contribution in [-0.4, -0.2) is 53.2 Å². The molecule has 0 amide bonds. The molecule has 0 aromatic carbocycles. The standard InChI is InChI=1S/C27H45NO3/c1-17-14-28(15-18(2)31-17)16-25(29)24-8-7-23-22-6-5-19-13-26(3,30)11-9-20(19)21(22)10-12-27(23,24)4/h17-24,30H,5-16H2,1-4H3/t17-,18-,19-,20-,21+,22+,23-,24+,26+,27-/m0/s1. The minimum atomic E-state index is -0.434. The lowest BCUT2D eigenvalue weighted by Crippen LogP contribution is -2.52. The number of fused-ring (bicyclic) bond motifs is 5. The van der Waals surface area contributed by atoms with Gasteiger partial charge in [-0.2, -0.15) is 0 Å². The maximum absolute atomic E-state index is 13.5. The molecule has 31 heavy (non-hydrogen) atoms. The molecule has 10 atom stereocenters. The van der Waals surface area contributed by atoms with Crippen molar-refractivity contribution in [2.24, 2.45) is 40.9 Å². The first kappa shape index (κ1) is 22.3. The number of carbonyl (C=O) groups is 1. The molecule has 1 heterocycles. The minimum absolute atomic E-state index is 0.217. The first-order chi connectivity index (χ1) is 14.7. The van der Waals surface area contributed by atoms with Crippen LogP contribution in [0.1, 0.15) is 85.5 Å². The highest BCUT2D eigenvalue weighted by Crippen LogP contribution is 2.64. The largest absolute Gasteiger partial charge is 0.390 e. The SMILES string of the molecule is C[C@H]1CN(CC(=O)[C@H]2CC[C@H]3[C@@H]4CC[C@H]5C[C@](C)(O)CC[C@@H]5[C@H]4CC[C@]23C)C[C@H](C)O1. The van der Waals surface area contributed by atoms with Crippen molar-refractivity contribution in [3.8, 4) is 0 Å². The highest BCUT2D eigenvalue weighted by Gasteiger charge is 2.58. The van der Waals surface area contributed by atoms with E-state index in [0.717, 1.165) is 61.9 Å². The predicted molar refractivity (Wildman–Crippen MR) is 123 cm³/mol. The second kappa shape index (κ2) is 8.09. The van der Waals surface area contributed by atoms with E-state index < -0.39 is 5.60 Å². The molecule has 1 saturated heterocycles. The number of nitrogens with zero attached hydrogens (tertiary/aromatic N) is 1. The number of hydrogen-bond acceptors (Lipinski definition) is 4. The van der Waals surface area contributed by atoms with Crippen LogP contribution in [0.5, 0.6) is 0 Å². The number of morpholine rings is 1. The van der Waals surface area contributed by atoms with Gasteiger partial charge >= 0.3 is 0 Å². The molecule has 176 valence electrons. The molecule has 5 aliphatic rings. The lowest BCUT2D eigenvalue weighted by atomic mass is 9.49. The molecule has 5 fully saturated rings. The third kappa shape index (κ3) is 4.04. The quantitative estimate of drug-likeness (QED) is 0.705. The van der Waals surface area contributed by atoms with Gasteiger partial charge in [0.1, 0.15) is 5.78 Å². The van der Waals surface area contributed by atoms with Crippen LogP contribution in [0.3, 0.4) is 0 Å². The first-order valence-corrected chi connectivity index (χ1v) is 13.3. The maximum Gasteiger partial charge on any atom is 0.150 e. The van der Waals surface area contributed by atoms with Gasteiger partial charge < -0.3 is 9.84 Å². The second-order valence-electron chi connectivity index (χ2n) is 12.8. The van der Waals surface area contributed by atoms with E-state index in [4.69, 9.17) is 4.74 Å². The van der Waals surface area contributed by atoms with E-state index in [1.54, 1.807) is 0 Å². The molecule has 4 saturated carbocycles. The van der Waals surface area contributed by atoms with Gasteiger partial charge in [-0.15, -0.1) is 0 Å². The van der Waals surface area contributed by atoms with E-state index in [-0.39, 0.29) is 23.5 Å². The average Bonchev–Trinajstić information content (AvgIpc) is 3.03. The first-order valence-electron chi connectivity index (χ1n) is 13.3. The molecule has 5 rings (SSSR count). The molecule has 4 heteroatoms. The molecular formula is C27H45NO3. The summed E-state index contributed by atoms with van der Waals surface area (Å²) in [7, 11) is 0. The Balaban J connectivity index is 1.26. The van der Waals surface area contributed by atoms with Crippen molar-refractivity contribution >= 4 is 5.78 Å². The summed E-state index contributed by atoms with van der Waals surface area (Å²) in [6.07, 6.45) is 11.2. The molecule has 1 N–H and O–H groups in total. The van der Waals surface area contributed by atoms with Gasteiger partial charge in [-0.1, -0.05) is 6.92 Å². The highest BCUT2D eigenvalue weighted by atomic mass is 16.5. The molecule has 0 unspecified atom stereocenters. The van der Waals surface area contributed by atoms with E-state index in [9.17, 15) is 9.90 Å². The fourth-order valence-electron chi connectivity index (χ4n) is 9.35. The number of carbonyl (C=O) groups excluding carboxylic acids is 1. The van der Waals surface area contributed by atoms with Gasteiger partial charge in [0.15, 0.2) is 0 Å². The summed E-state index contributed by atoms with van der Waals surface area (Å²) >= 11 is 0. The van der Waals surface area contributed by atoms with E-state index in [1.807, 2.05) is 0 Å². The molecule has 0 radical (unpaired) electrons. The highest BCUT2D eigenvalue weighted by molar-refractivity contribution is 5.84. The summed E-state index contributed by atoms with van der Waals surface area (Å²) in [4.78, 5) is 15.9. The van der Waals surface area contributed by atoms with Crippen LogP contribution in [0, 0.1) is 40.9 Å². The minimum Gasteiger partial charge on any atom is -0.390 e. The van der Waals surface area contributed by atoms with E-state index >= 15 is 0 Å². The monoisotopic (exact) mass is 431 g/mol. The van der Waals surface area contributed by atoms with E-state index in [1.165, 1.54) is 38.5 Å². The van der Waals surface area contributed by atoms with Crippen LogP contribution in [0.4, 0.5) is 0 Å². The Hall–Kier alpha value is -0.450. The summed E-state index contributed by atoms with van der Waals surface area (Å²) in [6.45, 7) is 11.2. The van der Waals surface area contributed by atoms with E-state index in [0.29, 0.717) is 12.3 Å². The van der Waals surface area contributed by atoms with Gasteiger partial charge in [0.05, 0.1) is 24.4 Å². The summed E-state index contributed by atoms with van der Waals surface area (Å²) in [5, 5.41) is 10.6. The zero-order valence-electron chi connectivity index (χ0n) is 20.3. The maximum atomic E-state index is 13.5. The van der Waals surface area contributed by atoms with Crippen LogP contribution < -0.4 is 0 Å². The molecule has 4 nitrogen and oxygen atoms in total. The molecule has 4 aliphatic carbocycles.